The maximum Gasteiger partial charge on any atom is 0.274 e. The van der Waals surface area contributed by atoms with Crippen LogP contribution in [0.25, 0.3) is 0 Å². The van der Waals surface area contributed by atoms with Crippen molar-refractivity contribution in [2.75, 3.05) is 27.2 Å². The first-order valence-electron chi connectivity index (χ1n) is 7.93. The topological polar surface area (TPSA) is 98.0 Å². The van der Waals surface area contributed by atoms with Crippen LogP contribution in [0.4, 0.5) is 0 Å². The molecule has 2 amide bonds. The average Bonchev–Trinajstić information content (AvgIpc) is 3.18. The van der Waals surface area contributed by atoms with Gasteiger partial charge in [-0.2, -0.15) is 10.2 Å². The summed E-state index contributed by atoms with van der Waals surface area (Å²) in [6, 6.07) is 3.47. The number of unbranched alkanes of at least 4 members (excludes halogenated alkanes) is 1. The third-order valence-corrected chi connectivity index (χ3v) is 3.78. The summed E-state index contributed by atoms with van der Waals surface area (Å²) in [5, 5.41) is 13.5. The van der Waals surface area contributed by atoms with Gasteiger partial charge in [0, 0.05) is 38.6 Å². The molecule has 2 heterocycles. The normalized spacial score (nSPS) is 10.7. The van der Waals surface area contributed by atoms with Gasteiger partial charge in [0.2, 0.25) is 0 Å². The van der Waals surface area contributed by atoms with E-state index in [1.54, 1.807) is 36.0 Å². The third-order valence-electron chi connectivity index (χ3n) is 3.78. The lowest BCUT2D eigenvalue weighted by molar-refractivity contribution is 0.0761. The van der Waals surface area contributed by atoms with Crippen LogP contribution in [0, 0.1) is 13.8 Å². The SMILES string of the molecule is Cc1cc(C(=O)N(C)CCCCN(C)C(=O)c2cc(C)[nH]n2)n[nH]1. The van der Waals surface area contributed by atoms with Gasteiger partial charge in [-0.05, 0) is 38.8 Å². The molecule has 0 fully saturated rings. The van der Waals surface area contributed by atoms with E-state index in [0.29, 0.717) is 24.5 Å². The van der Waals surface area contributed by atoms with Crippen molar-refractivity contribution in [2.45, 2.75) is 26.7 Å². The zero-order valence-corrected chi connectivity index (χ0v) is 14.6. The molecule has 24 heavy (non-hydrogen) atoms. The number of carbonyl (C=O) groups excluding carboxylic acids is 2. The van der Waals surface area contributed by atoms with Crippen molar-refractivity contribution in [3.63, 3.8) is 0 Å². The van der Waals surface area contributed by atoms with E-state index in [1.165, 1.54) is 0 Å². The smallest absolute Gasteiger partial charge is 0.274 e. The van der Waals surface area contributed by atoms with Crippen LogP contribution in [-0.4, -0.2) is 69.2 Å². The Bertz CT molecular complexity index is 645. The highest BCUT2D eigenvalue weighted by Gasteiger charge is 2.16. The lowest BCUT2D eigenvalue weighted by Crippen LogP contribution is -2.30. The maximum absolute atomic E-state index is 12.1. The van der Waals surface area contributed by atoms with E-state index in [-0.39, 0.29) is 11.8 Å². The van der Waals surface area contributed by atoms with Crippen LogP contribution in [0.15, 0.2) is 12.1 Å². The second-order valence-corrected chi connectivity index (χ2v) is 6.03. The standard InChI is InChI=1S/C16H24N6O2/c1-11-9-13(19-17-11)15(23)21(3)7-5-6-8-22(4)16(24)14-10-12(2)18-20-14/h9-10H,5-8H2,1-4H3,(H,17,19)(H,18,20). The van der Waals surface area contributed by atoms with Crippen molar-refractivity contribution in [3.05, 3.63) is 34.9 Å². The van der Waals surface area contributed by atoms with E-state index in [4.69, 9.17) is 0 Å². The molecule has 0 aliphatic carbocycles. The summed E-state index contributed by atoms with van der Waals surface area (Å²) in [4.78, 5) is 27.6. The number of nitrogens with zero attached hydrogens (tertiary/aromatic N) is 4. The molecule has 2 aromatic heterocycles. The number of hydrogen-bond acceptors (Lipinski definition) is 4. The van der Waals surface area contributed by atoms with Gasteiger partial charge in [-0.25, -0.2) is 0 Å². The van der Waals surface area contributed by atoms with Crippen molar-refractivity contribution in [2.24, 2.45) is 0 Å². The summed E-state index contributed by atoms with van der Waals surface area (Å²) < 4.78 is 0. The summed E-state index contributed by atoms with van der Waals surface area (Å²) in [6.07, 6.45) is 1.62. The van der Waals surface area contributed by atoms with Gasteiger partial charge in [0.05, 0.1) is 0 Å². The van der Waals surface area contributed by atoms with Gasteiger partial charge in [0.1, 0.15) is 11.4 Å². The Kier molecular flexibility index (Phi) is 5.73. The summed E-state index contributed by atoms with van der Waals surface area (Å²) in [6.45, 7) is 4.96. The number of H-pyrrole nitrogens is 2. The van der Waals surface area contributed by atoms with E-state index in [9.17, 15) is 9.59 Å². The Labute approximate surface area is 141 Å². The monoisotopic (exact) mass is 332 g/mol. The van der Waals surface area contributed by atoms with Gasteiger partial charge >= 0.3 is 0 Å². The van der Waals surface area contributed by atoms with Gasteiger partial charge in [-0.1, -0.05) is 0 Å². The predicted octanol–water partition coefficient (Wildman–Crippen LogP) is 1.37. The van der Waals surface area contributed by atoms with Gasteiger partial charge in [0.15, 0.2) is 0 Å². The largest absolute Gasteiger partial charge is 0.340 e. The van der Waals surface area contributed by atoms with E-state index in [1.807, 2.05) is 13.8 Å². The number of amides is 2. The van der Waals surface area contributed by atoms with Crippen LogP contribution < -0.4 is 0 Å². The van der Waals surface area contributed by atoms with Gasteiger partial charge in [-0.3, -0.25) is 19.8 Å². The zero-order valence-electron chi connectivity index (χ0n) is 14.6. The number of aromatic nitrogens is 4. The highest BCUT2D eigenvalue weighted by molar-refractivity contribution is 5.92. The summed E-state index contributed by atoms with van der Waals surface area (Å²) in [5.74, 6) is -0.202. The fourth-order valence-corrected chi connectivity index (χ4v) is 2.35. The fraction of sp³-hybridized carbons (Fsp3) is 0.500. The van der Waals surface area contributed by atoms with Crippen LogP contribution >= 0.6 is 0 Å². The minimum absolute atomic E-state index is 0.101. The Morgan fingerprint density at radius 1 is 0.875 bits per heavy atom. The van der Waals surface area contributed by atoms with Gasteiger partial charge < -0.3 is 9.80 Å². The molecule has 2 aromatic rings. The van der Waals surface area contributed by atoms with Crippen molar-refractivity contribution in [1.82, 2.24) is 30.2 Å². The first-order valence-corrected chi connectivity index (χ1v) is 7.93. The van der Waals surface area contributed by atoms with Crippen LogP contribution in [0.1, 0.15) is 45.2 Å². The highest BCUT2D eigenvalue weighted by atomic mass is 16.2. The Hall–Kier alpha value is -2.64. The Balaban J connectivity index is 1.72. The zero-order chi connectivity index (χ0) is 17.7. The second kappa shape index (κ2) is 7.76. The number of nitrogens with one attached hydrogen (secondary N) is 2. The van der Waals surface area contributed by atoms with E-state index in [2.05, 4.69) is 20.4 Å². The molecule has 0 bridgehead atoms. The molecule has 130 valence electrons. The molecule has 0 aliphatic heterocycles. The predicted molar refractivity (Wildman–Crippen MR) is 89.8 cm³/mol. The molecule has 0 atom stereocenters. The van der Waals surface area contributed by atoms with Crippen LogP contribution in [0.2, 0.25) is 0 Å². The quantitative estimate of drug-likeness (QED) is 0.748. The lowest BCUT2D eigenvalue weighted by atomic mass is 10.2. The minimum Gasteiger partial charge on any atom is -0.340 e. The Morgan fingerprint density at radius 2 is 1.25 bits per heavy atom. The minimum atomic E-state index is -0.101. The van der Waals surface area contributed by atoms with Crippen molar-refractivity contribution in [3.8, 4) is 0 Å². The first kappa shape index (κ1) is 17.7. The molecule has 0 spiro atoms. The third kappa shape index (κ3) is 4.43. The number of rotatable bonds is 7. The molecular formula is C16H24N6O2. The fourth-order valence-electron chi connectivity index (χ4n) is 2.35. The van der Waals surface area contributed by atoms with Gasteiger partial charge in [-0.15, -0.1) is 0 Å². The molecule has 0 radical (unpaired) electrons. The molecular weight excluding hydrogens is 308 g/mol. The second-order valence-electron chi connectivity index (χ2n) is 6.03. The summed E-state index contributed by atoms with van der Waals surface area (Å²) >= 11 is 0. The van der Waals surface area contributed by atoms with Gasteiger partial charge in [0.25, 0.3) is 11.8 Å². The molecule has 2 N–H and O–H groups in total. The maximum atomic E-state index is 12.1. The molecule has 8 nitrogen and oxygen atoms in total. The van der Waals surface area contributed by atoms with E-state index >= 15 is 0 Å². The van der Waals surface area contributed by atoms with E-state index in [0.717, 1.165) is 24.2 Å². The van der Waals surface area contributed by atoms with E-state index < -0.39 is 0 Å². The van der Waals surface area contributed by atoms with Crippen molar-refractivity contribution < 1.29 is 9.59 Å². The molecule has 0 aliphatic rings. The first-order chi connectivity index (χ1) is 11.4. The van der Waals surface area contributed by atoms with Crippen molar-refractivity contribution in [1.29, 1.82) is 0 Å². The highest BCUT2D eigenvalue weighted by Crippen LogP contribution is 2.06. The molecule has 8 heteroatoms. The molecule has 0 aromatic carbocycles. The van der Waals surface area contributed by atoms with Crippen LogP contribution in [0.3, 0.4) is 0 Å². The molecule has 0 saturated heterocycles. The summed E-state index contributed by atoms with van der Waals surface area (Å²) in [7, 11) is 3.52. The number of hydrogen-bond donors (Lipinski definition) is 2. The number of carbonyl (C=O) groups is 2. The Morgan fingerprint density at radius 3 is 1.54 bits per heavy atom. The average molecular weight is 332 g/mol. The molecule has 2 rings (SSSR count). The van der Waals surface area contributed by atoms with Crippen LogP contribution in [0.5, 0.6) is 0 Å². The van der Waals surface area contributed by atoms with Crippen LogP contribution in [-0.2, 0) is 0 Å². The lowest BCUT2D eigenvalue weighted by Gasteiger charge is -2.18. The summed E-state index contributed by atoms with van der Waals surface area (Å²) in [5.41, 5.74) is 2.58. The van der Waals surface area contributed by atoms with Crippen molar-refractivity contribution >= 4 is 11.8 Å². The molecule has 0 unspecified atom stereocenters. The molecule has 0 saturated carbocycles. The number of aryl methyl sites for hydroxylation is 2. The number of aromatic amines is 2.